The molecule has 8 nitrogen and oxygen atoms in total. The molecule has 0 bridgehead atoms. The Kier molecular flexibility index (Phi) is 10.1. The lowest BCUT2D eigenvalue weighted by Gasteiger charge is -2.26. The van der Waals surface area contributed by atoms with Crippen LogP contribution in [0.4, 0.5) is 14.9 Å². The number of anilines is 1. The molecule has 1 aromatic heterocycles. The third-order valence-corrected chi connectivity index (χ3v) is 8.08. The number of ether oxygens (including phenoxy) is 3. The van der Waals surface area contributed by atoms with Crippen molar-refractivity contribution in [2.75, 3.05) is 45.2 Å². The number of carbonyl (C=O) groups excluding carboxylic acids is 1. The fourth-order valence-electron chi connectivity index (χ4n) is 5.78. The molecule has 41 heavy (non-hydrogen) atoms. The quantitative estimate of drug-likeness (QED) is 0.258. The van der Waals surface area contributed by atoms with Crippen LogP contribution in [-0.2, 0) is 0 Å². The molecular weight excluding hydrogens is 523 g/mol. The van der Waals surface area contributed by atoms with Gasteiger partial charge in [0.05, 0.1) is 18.3 Å². The van der Waals surface area contributed by atoms with Gasteiger partial charge in [0, 0.05) is 36.8 Å². The maximum absolute atomic E-state index is 14.9. The van der Waals surface area contributed by atoms with E-state index in [2.05, 4.69) is 20.5 Å². The predicted molar refractivity (Wildman–Crippen MR) is 159 cm³/mol. The summed E-state index contributed by atoms with van der Waals surface area (Å²) >= 11 is 0. The number of piperidine rings is 1. The number of nitrogens with one attached hydrogen (secondary N) is 2. The molecule has 0 radical (unpaired) electrons. The number of hydrogen-bond acceptors (Lipinski definition) is 6. The van der Waals surface area contributed by atoms with Crippen LogP contribution in [0.5, 0.6) is 23.0 Å². The van der Waals surface area contributed by atoms with E-state index in [9.17, 15) is 9.18 Å². The summed E-state index contributed by atoms with van der Waals surface area (Å²) in [7, 11) is 1.60. The van der Waals surface area contributed by atoms with Crippen molar-refractivity contribution >= 4 is 22.6 Å². The van der Waals surface area contributed by atoms with Gasteiger partial charge in [0.15, 0.2) is 11.5 Å². The van der Waals surface area contributed by atoms with E-state index in [4.69, 9.17) is 14.2 Å². The molecule has 1 aliphatic carbocycles. The molecule has 2 amide bonds. The lowest BCUT2D eigenvalue weighted by molar-refractivity contribution is 0.181. The number of likely N-dealkylation sites (tertiary alicyclic amines) is 1. The lowest BCUT2D eigenvalue weighted by atomic mass is 9.87. The predicted octanol–water partition coefficient (Wildman–Crippen LogP) is 7.13. The van der Waals surface area contributed by atoms with Crippen LogP contribution in [0.25, 0.3) is 10.9 Å². The Labute approximate surface area is 241 Å². The van der Waals surface area contributed by atoms with Crippen LogP contribution in [0.1, 0.15) is 57.8 Å². The number of aromatic nitrogens is 1. The third-order valence-electron chi connectivity index (χ3n) is 8.08. The first-order valence-electron chi connectivity index (χ1n) is 14.9. The summed E-state index contributed by atoms with van der Waals surface area (Å²) < 4.78 is 32.6. The molecule has 2 N–H and O–H groups in total. The fraction of sp³-hybridized carbons (Fsp3) is 0.500. The summed E-state index contributed by atoms with van der Waals surface area (Å²) in [5, 5.41) is 6.16. The van der Waals surface area contributed by atoms with Crippen molar-refractivity contribution in [2.24, 2.45) is 5.92 Å². The van der Waals surface area contributed by atoms with Gasteiger partial charge in [0.1, 0.15) is 23.9 Å². The van der Waals surface area contributed by atoms with Gasteiger partial charge in [0.25, 0.3) is 0 Å². The number of nitrogens with zero attached hydrogens (tertiary/aromatic N) is 2. The number of methoxy groups -OCH3 is 1. The van der Waals surface area contributed by atoms with E-state index in [0.29, 0.717) is 53.0 Å². The zero-order valence-electron chi connectivity index (χ0n) is 23.9. The van der Waals surface area contributed by atoms with Crippen molar-refractivity contribution in [1.82, 2.24) is 15.2 Å². The summed E-state index contributed by atoms with van der Waals surface area (Å²) in [6.45, 7) is 4.26. The van der Waals surface area contributed by atoms with Gasteiger partial charge in [-0.05, 0) is 62.5 Å². The van der Waals surface area contributed by atoms with E-state index in [1.165, 1.54) is 63.5 Å². The number of amides is 2. The lowest BCUT2D eigenvalue weighted by Crippen LogP contribution is -2.33. The first-order chi connectivity index (χ1) is 20.1. The van der Waals surface area contributed by atoms with Crippen LogP contribution in [0.3, 0.4) is 0 Å². The van der Waals surface area contributed by atoms with Crippen LogP contribution in [0, 0.1) is 11.7 Å². The minimum Gasteiger partial charge on any atom is -0.493 e. The van der Waals surface area contributed by atoms with E-state index in [-0.39, 0.29) is 5.69 Å². The van der Waals surface area contributed by atoms with Gasteiger partial charge >= 0.3 is 6.03 Å². The number of urea groups is 1. The largest absolute Gasteiger partial charge is 0.493 e. The van der Waals surface area contributed by atoms with Gasteiger partial charge in [-0.25, -0.2) is 9.18 Å². The highest BCUT2D eigenvalue weighted by atomic mass is 19.1. The van der Waals surface area contributed by atoms with Crippen molar-refractivity contribution in [3.05, 3.63) is 48.4 Å². The molecule has 2 heterocycles. The molecular formula is C32H41FN4O4. The molecule has 220 valence electrons. The molecule has 2 aliphatic rings. The summed E-state index contributed by atoms with van der Waals surface area (Å²) in [5.74, 6) is 2.11. The average Bonchev–Trinajstić information content (AvgIpc) is 2.99. The van der Waals surface area contributed by atoms with Gasteiger partial charge < -0.3 is 24.8 Å². The smallest absolute Gasteiger partial charge is 0.319 e. The van der Waals surface area contributed by atoms with Crippen molar-refractivity contribution in [3.8, 4) is 23.0 Å². The molecule has 2 aromatic carbocycles. The second-order valence-electron chi connectivity index (χ2n) is 11.0. The Morgan fingerprint density at radius 3 is 2.59 bits per heavy atom. The molecule has 0 atom stereocenters. The van der Waals surface area contributed by atoms with E-state index < -0.39 is 11.8 Å². The number of hydrogen-bond donors (Lipinski definition) is 2. The number of carbonyl (C=O) groups is 1. The second kappa shape index (κ2) is 14.3. The van der Waals surface area contributed by atoms with Crippen molar-refractivity contribution in [2.45, 2.75) is 57.8 Å². The van der Waals surface area contributed by atoms with Gasteiger partial charge in [-0.2, -0.15) is 0 Å². The number of pyridine rings is 1. The molecule has 1 saturated heterocycles. The van der Waals surface area contributed by atoms with Crippen LogP contribution in [0.15, 0.2) is 42.6 Å². The van der Waals surface area contributed by atoms with E-state index >= 15 is 0 Å². The maximum Gasteiger partial charge on any atom is 0.319 e. The van der Waals surface area contributed by atoms with E-state index in [1.54, 1.807) is 25.4 Å². The maximum atomic E-state index is 14.9. The Morgan fingerprint density at radius 1 is 1.00 bits per heavy atom. The van der Waals surface area contributed by atoms with E-state index in [1.807, 2.05) is 12.1 Å². The second-order valence-corrected chi connectivity index (χ2v) is 11.0. The Bertz CT molecular complexity index is 1310. The van der Waals surface area contributed by atoms with Crippen LogP contribution >= 0.6 is 0 Å². The van der Waals surface area contributed by atoms with Crippen LogP contribution < -0.4 is 24.8 Å². The molecule has 3 aromatic rings. The highest BCUT2D eigenvalue weighted by Crippen LogP contribution is 2.37. The normalized spacial score (nSPS) is 16.3. The SMILES string of the molecule is COc1cc2c(Oc3ccc(NC(=O)NCCC4CCCCC4)c(F)c3)ccnc2cc1OCCN1CCCCC1. The average molecular weight is 565 g/mol. The van der Waals surface area contributed by atoms with Gasteiger partial charge in [-0.3, -0.25) is 9.88 Å². The van der Waals surface area contributed by atoms with Crippen molar-refractivity contribution < 1.29 is 23.4 Å². The first kappa shape index (κ1) is 28.9. The first-order valence-corrected chi connectivity index (χ1v) is 14.9. The molecule has 0 spiro atoms. The number of rotatable bonds is 11. The standard InChI is InChI=1S/C32H41FN4O4/c1-39-30-21-25-28(22-31(30)40-19-18-37-16-6-3-7-17-37)34-15-13-29(25)41-24-10-11-27(26(33)20-24)36-32(38)35-14-12-23-8-4-2-5-9-23/h10-11,13,15,20-23H,2-9,12,14,16-19H2,1H3,(H2,35,36,38). The Hall–Kier alpha value is -3.59. The van der Waals surface area contributed by atoms with E-state index in [0.717, 1.165) is 26.1 Å². The van der Waals surface area contributed by atoms with Gasteiger partial charge in [-0.1, -0.05) is 38.5 Å². The van der Waals surface area contributed by atoms with Gasteiger partial charge in [-0.15, -0.1) is 0 Å². The minimum atomic E-state index is -0.578. The summed E-state index contributed by atoms with van der Waals surface area (Å²) in [6, 6.07) is 9.39. The molecule has 1 aliphatic heterocycles. The van der Waals surface area contributed by atoms with Crippen molar-refractivity contribution in [3.63, 3.8) is 0 Å². The summed E-state index contributed by atoms with van der Waals surface area (Å²) in [4.78, 5) is 19.2. The van der Waals surface area contributed by atoms with Crippen LogP contribution in [0.2, 0.25) is 0 Å². The highest BCUT2D eigenvalue weighted by molar-refractivity contribution is 5.90. The van der Waals surface area contributed by atoms with Crippen LogP contribution in [-0.4, -0.2) is 55.8 Å². The number of benzene rings is 2. The molecule has 2 fully saturated rings. The Morgan fingerprint density at radius 2 is 1.80 bits per heavy atom. The number of halogens is 1. The molecule has 9 heteroatoms. The monoisotopic (exact) mass is 564 g/mol. The van der Waals surface area contributed by atoms with Gasteiger partial charge in [0.2, 0.25) is 0 Å². The molecule has 1 saturated carbocycles. The minimum absolute atomic E-state index is 0.0973. The number of fused-ring (bicyclic) bond motifs is 1. The molecule has 0 unspecified atom stereocenters. The molecule has 5 rings (SSSR count). The zero-order valence-corrected chi connectivity index (χ0v) is 23.9. The summed E-state index contributed by atoms with van der Waals surface area (Å²) in [5.41, 5.74) is 0.778. The van der Waals surface area contributed by atoms with Crippen molar-refractivity contribution in [1.29, 1.82) is 0 Å². The third kappa shape index (κ3) is 8.00. The fourth-order valence-corrected chi connectivity index (χ4v) is 5.78. The summed E-state index contributed by atoms with van der Waals surface area (Å²) in [6.07, 6.45) is 12.7. The Balaban J connectivity index is 1.19. The topological polar surface area (TPSA) is 85.0 Å². The zero-order chi connectivity index (χ0) is 28.4. The highest BCUT2D eigenvalue weighted by Gasteiger charge is 2.16.